The molecule has 6 nitrogen and oxygen atoms in total. The zero-order chi connectivity index (χ0) is 17.5. The Balaban J connectivity index is 1.49. The molecule has 0 saturated heterocycles. The van der Waals surface area contributed by atoms with Gasteiger partial charge in [-0.2, -0.15) is 16.4 Å². The molecule has 1 unspecified atom stereocenters. The predicted molar refractivity (Wildman–Crippen MR) is 102 cm³/mol. The molecule has 0 saturated carbocycles. The SMILES string of the molecule is CN=C(NCc1ccc(-n2cncn2)cc1)NCC(C)c1ccsc1. The highest BCUT2D eigenvalue weighted by molar-refractivity contribution is 7.07. The summed E-state index contributed by atoms with van der Waals surface area (Å²) in [7, 11) is 1.79. The van der Waals surface area contributed by atoms with Gasteiger partial charge in [-0.1, -0.05) is 19.1 Å². The molecule has 7 heteroatoms. The molecule has 1 aromatic carbocycles. The average molecular weight is 354 g/mol. The Morgan fingerprint density at radius 2 is 2.08 bits per heavy atom. The molecule has 2 aromatic heterocycles. The topological polar surface area (TPSA) is 67.1 Å². The summed E-state index contributed by atoms with van der Waals surface area (Å²) in [5.41, 5.74) is 3.53. The second-order valence-electron chi connectivity index (χ2n) is 5.77. The van der Waals surface area contributed by atoms with Crippen LogP contribution in [0.1, 0.15) is 24.0 Å². The van der Waals surface area contributed by atoms with Crippen LogP contribution in [-0.2, 0) is 6.54 Å². The standard InChI is InChI=1S/C18H22N6S/c1-14(16-7-8-25-11-16)9-21-18(19-2)22-10-15-3-5-17(6-4-15)24-13-20-12-23-24/h3-8,11-14H,9-10H2,1-2H3,(H2,19,21,22). The zero-order valence-corrected chi connectivity index (χ0v) is 15.2. The summed E-state index contributed by atoms with van der Waals surface area (Å²) >= 11 is 1.73. The lowest BCUT2D eigenvalue weighted by molar-refractivity contribution is 0.701. The minimum atomic E-state index is 0.451. The van der Waals surface area contributed by atoms with Gasteiger partial charge in [0.2, 0.25) is 0 Å². The molecule has 0 bridgehead atoms. The fourth-order valence-corrected chi connectivity index (χ4v) is 3.22. The normalized spacial score (nSPS) is 12.8. The van der Waals surface area contributed by atoms with Gasteiger partial charge < -0.3 is 10.6 Å². The van der Waals surface area contributed by atoms with E-state index in [9.17, 15) is 0 Å². The number of thiophene rings is 1. The van der Waals surface area contributed by atoms with E-state index in [1.165, 1.54) is 17.5 Å². The van der Waals surface area contributed by atoms with E-state index in [0.29, 0.717) is 12.5 Å². The third-order valence-electron chi connectivity index (χ3n) is 3.99. The van der Waals surface area contributed by atoms with Gasteiger partial charge >= 0.3 is 0 Å². The summed E-state index contributed by atoms with van der Waals surface area (Å²) in [4.78, 5) is 8.25. The van der Waals surface area contributed by atoms with Gasteiger partial charge in [-0.3, -0.25) is 4.99 Å². The van der Waals surface area contributed by atoms with Gasteiger partial charge in [0.05, 0.1) is 5.69 Å². The first-order valence-electron chi connectivity index (χ1n) is 8.17. The van der Waals surface area contributed by atoms with Crippen LogP contribution in [0.5, 0.6) is 0 Å². The predicted octanol–water partition coefficient (Wildman–Crippen LogP) is 2.80. The van der Waals surface area contributed by atoms with Crippen LogP contribution in [0.25, 0.3) is 5.69 Å². The van der Waals surface area contributed by atoms with Crippen LogP contribution in [0.15, 0.2) is 58.7 Å². The lowest BCUT2D eigenvalue weighted by atomic mass is 10.1. The summed E-state index contributed by atoms with van der Waals surface area (Å²) in [6, 6.07) is 10.4. The molecule has 0 amide bonds. The quantitative estimate of drug-likeness (QED) is 0.528. The van der Waals surface area contributed by atoms with Crippen molar-refractivity contribution >= 4 is 17.3 Å². The minimum absolute atomic E-state index is 0.451. The Hall–Kier alpha value is -2.67. The molecule has 0 aliphatic rings. The van der Waals surface area contributed by atoms with Crippen molar-refractivity contribution in [1.82, 2.24) is 25.4 Å². The molecule has 0 fully saturated rings. The maximum absolute atomic E-state index is 4.29. The van der Waals surface area contributed by atoms with Crippen molar-refractivity contribution in [3.63, 3.8) is 0 Å². The lowest BCUT2D eigenvalue weighted by Gasteiger charge is -2.15. The molecule has 2 heterocycles. The maximum atomic E-state index is 4.29. The number of guanidine groups is 1. The Morgan fingerprint density at radius 3 is 2.72 bits per heavy atom. The van der Waals surface area contributed by atoms with E-state index >= 15 is 0 Å². The van der Waals surface area contributed by atoms with Crippen molar-refractivity contribution in [2.24, 2.45) is 4.99 Å². The highest BCUT2D eigenvalue weighted by Gasteiger charge is 2.07. The van der Waals surface area contributed by atoms with E-state index in [1.54, 1.807) is 29.4 Å². The highest BCUT2D eigenvalue weighted by atomic mass is 32.1. The van der Waals surface area contributed by atoms with E-state index in [-0.39, 0.29) is 0 Å². The van der Waals surface area contributed by atoms with Gasteiger partial charge in [-0.15, -0.1) is 0 Å². The van der Waals surface area contributed by atoms with E-state index in [4.69, 9.17) is 0 Å². The summed E-state index contributed by atoms with van der Waals surface area (Å²) in [5.74, 6) is 1.26. The molecule has 0 spiro atoms. The molecular formula is C18H22N6S. The Morgan fingerprint density at radius 1 is 1.24 bits per heavy atom. The number of hydrogen-bond donors (Lipinski definition) is 2. The van der Waals surface area contributed by atoms with E-state index in [0.717, 1.165) is 18.2 Å². The highest BCUT2D eigenvalue weighted by Crippen LogP contribution is 2.17. The van der Waals surface area contributed by atoms with Crippen LogP contribution in [0.4, 0.5) is 0 Å². The van der Waals surface area contributed by atoms with Crippen molar-refractivity contribution in [3.8, 4) is 5.69 Å². The first-order chi connectivity index (χ1) is 12.3. The Kier molecular flexibility index (Phi) is 5.79. The summed E-state index contributed by atoms with van der Waals surface area (Å²) < 4.78 is 1.74. The van der Waals surface area contributed by atoms with E-state index in [1.807, 2.05) is 12.1 Å². The molecule has 0 radical (unpaired) electrons. The van der Waals surface area contributed by atoms with E-state index < -0.39 is 0 Å². The smallest absolute Gasteiger partial charge is 0.191 e. The monoisotopic (exact) mass is 354 g/mol. The maximum Gasteiger partial charge on any atom is 0.191 e. The van der Waals surface area contributed by atoms with Crippen molar-refractivity contribution in [3.05, 3.63) is 64.9 Å². The summed E-state index contributed by atoms with van der Waals surface area (Å²) in [6.45, 7) is 3.77. The van der Waals surface area contributed by atoms with Gasteiger partial charge in [-0.05, 0) is 46.0 Å². The second kappa shape index (κ2) is 8.43. The van der Waals surface area contributed by atoms with Gasteiger partial charge in [0.15, 0.2) is 5.96 Å². The third-order valence-corrected chi connectivity index (χ3v) is 4.69. The van der Waals surface area contributed by atoms with Crippen molar-refractivity contribution in [2.75, 3.05) is 13.6 Å². The average Bonchev–Trinajstić information content (AvgIpc) is 3.36. The molecule has 130 valence electrons. The number of rotatable bonds is 6. The number of hydrogen-bond acceptors (Lipinski definition) is 4. The second-order valence-corrected chi connectivity index (χ2v) is 6.55. The molecule has 0 aliphatic heterocycles. The van der Waals surface area contributed by atoms with Crippen LogP contribution in [0, 0.1) is 0 Å². The zero-order valence-electron chi connectivity index (χ0n) is 14.4. The molecule has 25 heavy (non-hydrogen) atoms. The van der Waals surface area contributed by atoms with Crippen molar-refractivity contribution in [1.29, 1.82) is 0 Å². The van der Waals surface area contributed by atoms with Crippen LogP contribution in [0.3, 0.4) is 0 Å². The van der Waals surface area contributed by atoms with E-state index in [2.05, 4.69) is 61.6 Å². The molecular weight excluding hydrogens is 332 g/mol. The van der Waals surface area contributed by atoms with Gasteiger partial charge in [0.1, 0.15) is 12.7 Å². The molecule has 3 aromatic rings. The number of benzene rings is 1. The Bertz CT molecular complexity index is 778. The van der Waals surface area contributed by atoms with Gasteiger partial charge in [-0.25, -0.2) is 9.67 Å². The lowest BCUT2D eigenvalue weighted by Crippen LogP contribution is -2.38. The number of aromatic nitrogens is 3. The first kappa shape index (κ1) is 17.2. The molecule has 3 rings (SSSR count). The largest absolute Gasteiger partial charge is 0.356 e. The van der Waals surface area contributed by atoms with Crippen molar-refractivity contribution in [2.45, 2.75) is 19.4 Å². The van der Waals surface area contributed by atoms with Crippen LogP contribution in [-0.4, -0.2) is 34.3 Å². The van der Waals surface area contributed by atoms with Gasteiger partial charge in [0.25, 0.3) is 0 Å². The van der Waals surface area contributed by atoms with Gasteiger partial charge in [0, 0.05) is 20.1 Å². The van der Waals surface area contributed by atoms with Crippen LogP contribution >= 0.6 is 11.3 Å². The minimum Gasteiger partial charge on any atom is -0.356 e. The van der Waals surface area contributed by atoms with Crippen LogP contribution < -0.4 is 10.6 Å². The van der Waals surface area contributed by atoms with Crippen LogP contribution in [0.2, 0.25) is 0 Å². The number of nitrogens with zero attached hydrogens (tertiary/aromatic N) is 4. The third kappa shape index (κ3) is 4.67. The molecule has 2 N–H and O–H groups in total. The molecule has 0 aliphatic carbocycles. The molecule has 1 atom stereocenters. The summed E-state index contributed by atoms with van der Waals surface area (Å²) in [5, 5.41) is 15.2. The number of nitrogens with one attached hydrogen (secondary N) is 2. The number of aliphatic imine (C=N–C) groups is 1. The Labute approximate surface area is 151 Å². The first-order valence-corrected chi connectivity index (χ1v) is 9.11. The fourth-order valence-electron chi connectivity index (χ4n) is 2.44. The summed E-state index contributed by atoms with van der Waals surface area (Å²) in [6.07, 6.45) is 3.22. The fraction of sp³-hybridized carbons (Fsp3) is 0.278. The van der Waals surface area contributed by atoms with Crippen molar-refractivity contribution < 1.29 is 0 Å².